The Bertz CT molecular complexity index is 1070. The van der Waals surface area contributed by atoms with E-state index >= 15 is 0 Å². The van der Waals surface area contributed by atoms with E-state index in [-0.39, 0.29) is 11.7 Å². The van der Waals surface area contributed by atoms with Gasteiger partial charge in [0.15, 0.2) is 0 Å². The molecule has 1 saturated heterocycles. The van der Waals surface area contributed by atoms with Gasteiger partial charge in [0.25, 0.3) is 0 Å². The van der Waals surface area contributed by atoms with Gasteiger partial charge in [-0.05, 0) is 66.6 Å². The molecule has 2 aromatic rings. The number of carbonyl (C=O) groups excluding carboxylic acids is 1. The van der Waals surface area contributed by atoms with E-state index in [2.05, 4.69) is 6.08 Å². The molecule has 170 valence electrons. The highest BCUT2D eigenvalue weighted by Gasteiger charge is 2.25. The SMILES string of the molecule is O=C(CCc1ccc(S(=O)(=O)N2CCCCC2)cc1)N1CC=C(c2ccc(O)cc2)CC1. The highest BCUT2D eigenvalue weighted by atomic mass is 32.2. The number of rotatable bonds is 6. The topological polar surface area (TPSA) is 77.9 Å². The zero-order valence-corrected chi connectivity index (χ0v) is 19.1. The van der Waals surface area contributed by atoms with E-state index in [1.54, 1.807) is 28.6 Å². The lowest BCUT2D eigenvalue weighted by molar-refractivity contribution is -0.130. The Kier molecular flexibility index (Phi) is 6.96. The van der Waals surface area contributed by atoms with Crippen LogP contribution in [-0.4, -0.2) is 54.8 Å². The molecular weight excluding hydrogens is 424 g/mol. The van der Waals surface area contributed by atoms with Crippen molar-refractivity contribution in [2.75, 3.05) is 26.2 Å². The smallest absolute Gasteiger partial charge is 0.243 e. The summed E-state index contributed by atoms with van der Waals surface area (Å²) in [7, 11) is -3.42. The van der Waals surface area contributed by atoms with Crippen LogP contribution in [0.2, 0.25) is 0 Å². The van der Waals surface area contributed by atoms with Crippen molar-refractivity contribution in [2.45, 2.75) is 43.4 Å². The molecule has 0 aromatic heterocycles. The monoisotopic (exact) mass is 454 g/mol. The van der Waals surface area contributed by atoms with Crippen molar-refractivity contribution in [1.82, 2.24) is 9.21 Å². The maximum absolute atomic E-state index is 12.8. The van der Waals surface area contributed by atoms with Crippen LogP contribution >= 0.6 is 0 Å². The van der Waals surface area contributed by atoms with Gasteiger partial charge in [0.1, 0.15) is 5.75 Å². The summed E-state index contributed by atoms with van der Waals surface area (Å²) in [5.41, 5.74) is 3.24. The summed E-state index contributed by atoms with van der Waals surface area (Å²) in [6.45, 7) is 2.45. The second-order valence-electron chi connectivity index (χ2n) is 8.47. The van der Waals surface area contributed by atoms with E-state index in [9.17, 15) is 18.3 Å². The summed E-state index contributed by atoms with van der Waals surface area (Å²) < 4.78 is 27.1. The third kappa shape index (κ3) is 5.22. The predicted molar refractivity (Wildman–Crippen MR) is 125 cm³/mol. The molecule has 1 fully saturated rings. The van der Waals surface area contributed by atoms with Crippen molar-refractivity contribution in [3.05, 3.63) is 65.7 Å². The van der Waals surface area contributed by atoms with Crippen molar-refractivity contribution in [1.29, 1.82) is 0 Å². The van der Waals surface area contributed by atoms with Gasteiger partial charge in [-0.25, -0.2) is 8.42 Å². The summed E-state index contributed by atoms with van der Waals surface area (Å²) in [4.78, 5) is 14.8. The minimum Gasteiger partial charge on any atom is -0.508 e. The molecule has 0 atom stereocenters. The van der Waals surface area contributed by atoms with E-state index < -0.39 is 10.0 Å². The van der Waals surface area contributed by atoms with E-state index in [0.29, 0.717) is 43.9 Å². The first kappa shape index (κ1) is 22.6. The van der Waals surface area contributed by atoms with Crippen LogP contribution in [0.1, 0.15) is 43.2 Å². The molecule has 0 unspecified atom stereocenters. The maximum atomic E-state index is 12.8. The number of piperidine rings is 1. The molecule has 32 heavy (non-hydrogen) atoms. The molecule has 0 spiro atoms. The van der Waals surface area contributed by atoms with Crippen LogP contribution in [-0.2, 0) is 21.2 Å². The largest absolute Gasteiger partial charge is 0.508 e. The molecule has 0 bridgehead atoms. The lowest BCUT2D eigenvalue weighted by Crippen LogP contribution is -2.35. The first-order valence-corrected chi connectivity index (χ1v) is 12.7. The van der Waals surface area contributed by atoms with Crippen LogP contribution in [0.5, 0.6) is 5.75 Å². The standard InChI is InChI=1S/C25H30N2O4S/c28-23-9-7-21(8-10-23)22-14-18-26(19-15-22)25(29)13-6-20-4-11-24(12-5-20)32(30,31)27-16-2-1-3-17-27/h4-5,7-12,14,28H,1-3,6,13,15-19H2. The molecule has 0 saturated carbocycles. The number of hydrogen-bond acceptors (Lipinski definition) is 4. The number of aryl methyl sites for hydroxylation is 1. The fourth-order valence-corrected chi connectivity index (χ4v) is 5.84. The lowest BCUT2D eigenvalue weighted by Gasteiger charge is -2.27. The van der Waals surface area contributed by atoms with Crippen LogP contribution in [0, 0.1) is 0 Å². The Hall–Kier alpha value is -2.64. The Balaban J connectivity index is 1.30. The van der Waals surface area contributed by atoms with Gasteiger partial charge in [-0.1, -0.05) is 36.8 Å². The highest BCUT2D eigenvalue weighted by molar-refractivity contribution is 7.89. The van der Waals surface area contributed by atoms with Gasteiger partial charge < -0.3 is 10.0 Å². The van der Waals surface area contributed by atoms with Gasteiger partial charge in [-0.2, -0.15) is 4.31 Å². The number of sulfonamides is 1. The lowest BCUT2D eigenvalue weighted by atomic mass is 9.99. The van der Waals surface area contributed by atoms with Crippen molar-refractivity contribution >= 4 is 21.5 Å². The zero-order valence-electron chi connectivity index (χ0n) is 18.2. The molecule has 1 amide bonds. The molecule has 0 radical (unpaired) electrons. The van der Waals surface area contributed by atoms with Gasteiger partial charge in [-0.3, -0.25) is 4.79 Å². The zero-order chi connectivity index (χ0) is 22.6. The number of amides is 1. The average molecular weight is 455 g/mol. The molecule has 6 nitrogen and oxygen atoms in total. The number of benzene rings is 2. The Morgan fingerprint density at radius 3 is 2.22 bits per heavy atom. The second kappa shape index (κ2) is 9.88. The molecule has 2 aliphatic heterocycles. The molecule has 7 heteroatoms. The van der Waals surface area contributed by atoms with Crippen molar-refractivity contribution in [3.8, 4) is 5.75 Å². The Morgan fingerprint density at radius 2 is 1.59 bits per heavy atom. The number of phenolic OH excluding ortho intramolecular Hbond substituents is 1. The van der Waals surface area contributed by atoms with Crippen molar-refractivity contribution in [2.24, 2.45) is 0 Å². The maximum Gasteiger partial charge on any atom is 0.243 e. The normalized spacial score (nSPS) is 17.8. The highest BCUT2D eigenvalue weighted by Crippen LogP contribution is 2.25. The summed E-state index contributed by atoms with van der Waals surface area (Å²) in [6.07, 6.45) is 6.79. The number of carbonyl (C=O) groups is 1. The summed E-state index contributed by atoms with van der Waals surface area (Å²) in [5.74, 6) is 0.357. The molecule has 2 heterocycles. The molecule has 0 aliphatic carbocycles. The minimum atomic E-state index is -3.42. The average Bonchev–Trinajstić information content (AvgIpc) is 2.84. The third-order valence-electron chi connectivity index (χ3n) is 6.30. The predicted octanol–water partition coefficient (Wildman–Crippen LogP) is 3.82. The van der Waals surface area contributed by atoms with Crippen LogP contribution in [0.4, 0.5) is 0 Å². The molecule has 2 aromatic carbocycles. The first-order valence-electron chi connectivity index (χ1n) is 11.3. The van der Waals surface area contributed by atoms with E-state index in [1.807, 2.05) is 29.2 Å². The molecular formula is C25H30N2O4S. The van der Waals surface area contributed by atoms with Crippen molar-refractivity contribution < 1.29 is 18.3 Å². The minimum absolute atomic E-state index is 0.107. The van der Waals surface area contributed by atoms with Gasteiger partial charge in [0.05, 0.1) is 4.90 Å². The number of nitrogens with zero attached hydrogens (tertiary/aromatic N) is 2. The second-order valence-corrected chi connectivity index (χ2v) is 10.4. The summed E-state index contributed by atoms with van der Waals surface area (Å²) in [5, 5.41) is 9.43. The van der Waals surface area contributed by atoms with E-state index in [0.717, 1.165) is 36.8 Å². The quantitative estimate of drug-likeness (QED) is 0.720. The third-order valence-corrected chi connectivity index (χ3v) is 8.22. The molecule has 4 rings (SSSR count). The Labute approximate surface area is 190 Å². The number of phenols is 1. The fraction of sp³-hybridized carbons (Fsp3) is 0.400. The van der Waals surface area contributed by atoms with Crippen molar-refractivity contribution in [3.63, 3.8) is 0 Å². The van der Waals surface area contributed by atoms with E-state index in [4.69, 9.17) is 0 Å². The first-order chi connectivity index (χ1) is 15.4. The summed E-state index contributed by atoms with van der Waals surface area (Å²) >= 11 is 0. The van der Waals surface area contributed by atoms with Gasteiger partial charge >= 0.3 is 0 Å². The van der Waals surface area contributed by atoms with Gasteiger partial charge in [-0.15, -0.1) is 0 Å². The van der Waals surface area contributed by atoms with Crippen LogP contribution < -0.4 is 0 Å². The van der Waals surface area contributed by atoms with Gasteiger partial charge in [0, 0.05) is 32.6 Å². The van der Waals surface area contributed by atoms with Crippen LogP contribution in [0.15, 0.2) is 59.5 Å². The molecule has 2 aliphatic rings. The van der Waals surface area contributed by atoms with E-state index in [1.165, 1.54) is 5.57 Å². The Morgan fingerprint density at radius 1 is 0.906 bits per heavy atom. The number of aromatic hydroxyl groups is 1. The summed E-state index contributed by atoms with van der Waals surface area (Å²) in [6, 6.07) is 14.1. The molecule has 1 N–H and O–H groups in total. The fourth-order valence-electron chi connectivity index (χ4n) is 4.33. The number of hydrogen-bond donors (Lipinski definition) is 1. The van der Waals surface area contributed by atoms with Crippen LogP contribution in [0.3, 0.4) is 0 Å². The van der Waals surface area contributed by atoms with Gasteiger partial charge in [0.2, 0.25) is 15.9 Å². The van der Waals surface area contributed by atoms with Crippen LogP contribution in [0.25, 0.3) is 5.57 Å².